The Kier molecular flexibility index (Phi) is 7.42. The first-order valence-electron chi connectivity index (χ1n) is 6.98. The lowest BCUT2D eigenvalue weighted by Crippen LogP contribution is -2.48. The van der Waals surface area contributed by atoms with Crippen LogP contribution in [-0.2, 0) is 19.6 Å². The van der Waals surface area contributed by atoms with Crippen molar-refractivity contribution in [1.29, 1.82) is 0 Å². The zero-order valence-corrected chi connectivity index (χ0v) is 13.0. The molecule has 0 aliphatic carbocycles. The van der Waals surface area contributed by atoms with Crippen molar-refractivity contribution < 1.29 is 17.9 Å². The number of hydrogen-bond donors (Lipinski definition) is 3. The predicted octanol–water partition coefficient (Wildman–Crippen LogP) is -0.801. The summed E-state index contributed by atoms with van der Waals surface area (Å²) in [6.07, 6.45) is 1.93. The Morgan fingerprint density at radius 2 is 2.20 bits per heavy atom. The van der Waals surface area contributed by atoms with Gasteiger partial charge in [0.2, 0.25) is 15.9 Å². The van der Waals surface area contributed by atoms with E-state index in [1.54, 1.807) is 0 Å². The van der Waals surface area contributed by atoms with E-state index < -0.39 is 10.0 Å². The zero-order chi connectivity index (χ0) is 15.0. The second-order valence-electron chi connectivity index (χ2n) is 5.17. The van der Waals surface area contributed by atoms with Gasteiger partial charge in [0.05, 0.1) is 25.0 Å². The number of nitrogens with one attached hydrogen (secondary N) is 3. The Labute approximate surface area is 120 Å². The van der Waals surface area contributed by atoms with E-state index in [1.165, 1.54) is 0 Å². The average molecular weight is 307 g/mol. The third-order valence-electron chi connectivity index (χ3n) is 2.92. The van der Waals surface area contributed by atoms with Crippen LogP contribution in [0, 0.1) is 0 Å². The van der Waals surface area contributed by atoms with Gasteiger partial charge in [-0.25, -0.2) is 13.1 Å². The van der Waals surface area contributed by atoms with Crippen molar-refractivity contribution in [2.75, 3.05) is 32.0 Å². The maximum Gasteiger partial charge on any atom is 0.235 e. The molecule has 7 nitrogen and oxygen atoms in total. The molecule has 0 aromatic heterocycles. The minimum absolute atomic E-state index is 0.00713. The number of piperidine rings is 1. The van der Waals surface area contributed by atoms with Gasteiger partial charge in [0.25, 0.3) is 0 Å². The molecule has 118 valence electrons. The van der Waals surface area contributed by atoms with E-state index in [2.05, 4.69) is 15.4 Å². The Bertz CT molecular complexity index is 392. The lowest BCUT2D eigenvalue weighted by Gasteiger charge is -2.23. The van der Waals surface area contributed by atoms with E-state index in [4.69, 9.17) is 4.74 Å². The van der Waals surface area contributed by atoms with Gasteiger partial charge < -0.3 is 15.4 Å². The molecule has 20 heavy (non-hydrogen) atoms. The van der Waals surface area contributed by atoms with Gasteiger partial charge in [0.15, 0.2) is 0 Å². The molecule has 1 amide bonds. The molecule has 8 heteroatoms. The largest absolute Gasteiger partial charge is 0.378 e. The lowest BCUT2D eigenvalue weighted by atomic mass is 10.1. The Morgan fingerprint density at radius 1 is 1.45 bits per heavy atom. The van der Waals surface area contributed by atoms with Crippen molar-refractivity contribution in [3.05, 3.63) is 0 Å². The lowest BCUT2D eigenvalue weighted by molar-refractivity contribution is -0.120. The highest BCUT2D eigenvalue weighted by Gasteiger charge is 2.17. The van der Waals surface area contributed by atoms with Crippen molar-refractivity contribution in [2.45, 2.75) is 38.8 Å². The van der Waals surface area contributed by atoms with Crippen LogP contribution in [0.4, 0.5) is 0 Å². The second kappa shape index (κ2) is 8.56. The fraction of sp³-hybridized carbons (Fsp3) is 0.917. The number of hydrogen-bond acceptors (Lipinski definition) is 5. The van der Waals surface area contributed by atoms with E-state index >= 15 is 0 Å². The maximum absolute atomic E-state index is 11.6. The van der Waals surface area contributed by atoms with Crippen LogP contribution in [0.15, 0.2) is 0 Å². The summed E-state index contributed by atoms with van der Waals surface area (Å²) >= 11 is 0. The van der Waals surface area contributed by atoms with Crippen LogP contribution in [0.3, 0.4) is 0 Å². The summed E-state index contributed by atoms with van der Waals surface area (Å²) in [5.41, 5.74) is 0. The van der Waals surface area contributed by atoms with Crippen LogP contribution in [0.1, 0.15) is 26.7 Å². The first-order valence-corrected chi connectivity index (χ1v) is 8.63. The number of carbonyl (C=O) groups is 1. The molecule has 3 N–H and O–H groups in total. The Balaban J connectivity index is 2.21. The van der Waals surface area contributed by atoms with Gasteiger partial charge in [-0.05, 0) is 33.2 Å². The fourth-order valence-corrected chi connectivity index (χ4v) is 2.71. The standard InChI is InChI=1S/C12H25N3O4S/c1-10(2)19-6-7-20(17,18)14-9-12(16)15-11-4-3-5-13-8-11/h10-11,13-14H,3-9H2,1-2H3,(H,15,16)/t11-/m0/s1. The van der Waals surface area contributed by atoms with Crippen LogP contribution < -0.4 is 15.4 Å². The van der Waals surface area contributed by atoms with Gasteiger partial charge in [-0.1, -0.05) is 0 Å². The number of ether oxygens (including phenoxy) is 1. The average Bonchev–Trinajstić information content (AvgIpc) is 2.37. The van der Waals surface area contributed by atoms with E-state index in [9.17, 15) is 13.2 Å². The van der Waals surface area contributed by atoms with Crippen molar-refractivity contribution >= 4 is 15.9 Å². The SMILES string of the molecule is CC(C)OCCS(=O)(=O)NCC(=O)N[C@H]1CCCNC1. The molecule has 0 aromatic carbocycles. The smallest absolute Gasteiger partial charge is 0.235 e. The van der Waals surface area contributed by atoms with E-state index in [0.717, 1.165) is 25.9 Å². The normalized spacial score (nSPS) is 20.1. The van der Waals surface area contributed by atoms with Crippen molar-refractivity contribution in [3.63, 3.8) is 0 Å². The fourth-order valence-electron chi connectivity index (χ4n) is 1.89. The minimum Gasteiger partial charge on any atom is -0.378 e. The number of amides is 1. The maximum atomic E-state index is 11.6. The van der Waals surface area contributed by atoms with Gasteiger partial charge in [0, 0.05) is 12.6 Å². The second-order valence-corrected chi connectivity index (χ2v) is 7.10. The number of carbonyl (C=O) groups excluding carboxylic acids is 1. The molecule has 0 bridgehead atoms. The van der Waals surface area contributed by atoms with Gasteiger partial charge in [0.1, 0.15) is 0 Å². The predicted molar refractivity (Wildman–Crippen MR) is 76.9 cm³/mol. The van der Waals surface area contributed by atoms with Crippen LogP contribution in [-0.4, -0.2) is 58.5 Å². The zero-order valence-electron chi connectivity index (χ0n) is 12.1. The summed E-state index contributed by atoms with van der Waals surface area (Å²) in [5, 5.41) is 5.99. The summed E-state index contributed by atoms with van der Waals surface area (Å²) in [7, 11) is -3.46. The molecule has 1 fully saturated rings. The topological polar surface area (TPSA) is 96.5 Å². The van der Waals surface area contributed by atoms with Crippen molar-refractivity contribution in [3.8, 4) is 0 Å². The molecule has 1 aliphatic rings. The first-order chi connectivity index (χ1) is 9.39. The number of rotatable bonds is 8. The van der Waals surface area contributed by atoms with Crippen LogP contribution in [0.5, 0.6) is 0 Å². The molecule has 1 heterocycles. The molecule has 0 unspecified atom stereocenters. The summed E-state index contributed by atoms with van der Waals surface area (Å²) < 4.78 is 30.7. The molecule has 1 aliphatic heterocycles. The third kappa shape index (κ3) is 7.78. The van der Waals surface area contributed by atoms with Gasteiger partial charge in [-0.2, -0.15) is 0 Å². The monoisotopic (exact) mass is 307 g/mol. The number of sulfonamides is 1. The van der Waals surface area contributed by atoms with E-state index in [-0.39, 0.29) is 37.0 Å². The molecule has 1 rings (SSSR count). The Morgan fingerprint density at radius 3 is 2.80 bits per heavy atom. The molecule has 0 saturated carbocycles. The van der Waals surface area contributed by atoms with Crippen LogP contribution in [0.2, 0.25) is 0 Å². The van der Waals surface area contributed by atoms with Crippen LogP contribution in [0.25, 0.3) is 0 Å². The highest BCUT2D eigenvalue weighted by atomic mass is 32.2. The summed E-state index contributed by atoms with van der Waals surface area (Å²) in [6, 6.07) is 0.0880. The highest BCUT2D eigenvalue weighted by molar-refractivity contribution is 7.89. The summed E-state index contributed by atoms with van der Waals surface area (Å²) in [4.78, 5) is 11.6. The molecular weight excluding hydrogens is 282 g/mol. The van der Waals surface area contributed by atoms with Gasteiger partial charge in [-0.3, -0.25) is 4.79 Å². The van der Waals surface area contributed by atoms with Gasteiger partial charge in [-0.15, -0.1) is 0 Å². The molecule has 0 radical (unpaired) electrons. The first kappa shape index (κ1) is 17.4. The van der Waals surface area contributed by atoms with E-state index in [0.29, 0.717) is 0 Å². The molecule has 1 saturated heterocycles. The molecule has 0 spiro atoms. The molecular formula is C12H25N3O4S. The quantitative estimate of drug-likeness (QED) is 0.545. The Hall–Kier alpha value is -0.700. The van der Waals surface area contributed by atoms with Crippen LogP contribution >= 0.6 is 0 Å². The third-order valence-corrected chi connectivity index (χ3v) is 4.21. The van der Waals surface area contributed by atoms with Crippen molar-refractivity contribution in [2.24, 2.45) is 0 Å². The summed E-state index contributed by atoms with van der Waals surface area (Å²) in [6.45, 7) is 5.29. The summed E-state index contributed by atoms with van der Waals surface area (Å²) in [5.74, 6) is -0.434. The molecule has 1 atom stereocenters. The van der Waals surface area contributed by atoms with Gasteiger partial charge >= 0.3 is 0 Å². The highest BCUT2D eigenvalue weighted by Crippen LogP contribution is 2.00. The minimum atomic E-state index is -3.46. The molecule has 0 aromatic rings. The van der Waals surface area contributed by atoms with E-state index in [1.807, 2.05) is 13.8 Å². The van der Waals surface area contributed by atoms with Crippen molar-refractivity contribution in [1.82, 2.24) is 15.4 Å².